The van der Waals surface area contributed by atoms with Crippen molar-refractivity contribution >= 4 is 36.3 Å². The lowest BCUT2D eigenvalue weighted by atomic mass is 10.0. The van der Waals surface area contributed by atoms with Gasteiger partial charge in [0.25, 0.3) is 0 Å². The molecule has 0 saturated carbocycles. The Morgan fingerprint density at radius 1 is 0.374 bits per heavy atom. The number of amides is 1. The van der Waals surface area contributed by atoms with Crippen LogP contribution in [0.1, 0.15) is 263 Å². The van der Waals surface area contributed by atoms with Crippen LogP contribution in [0.4, 0.5) is 0 Å². The third-order valence-corrected chi connectivity index (χ3v) is 18.8. The van der Waals surface area contributed by atoms with Crippen molar-refractivity contribution in [1.82, 2.24) is 26.2 Å². The summed E-state index contributed by atoms with van der Waals surface area (Å²) in [4.78, 5) is 13.1. The quantitative estimate of drug-likeness (QED) is 0.0168. The predicted octanol–water partition coefficient (Wildman–Crippen LogP) is 19.9. The van der Waals surface area contributed by atoms with E-state index in [1.165, 1.54) is 114 Å². The first kappa shape index (κ1) is 101. The number of ether oxygens (including phenoxy) is 2. The zero-order valence-corrected chi connectivity index (χ0v) is 68.9. The van der Waals surface area contributed by atoms with Crippen molar-refractivity contribution in [2.45, 2.75) is 299 Å². The summed E-state index contributed by atoms with van der Waals surface area (Å²) in [6.07, 6.45) is 42.9. The number of hydrogen-bond donors (Lipinski definition) is 9. The zero-order chi connectivity index (χ0) is 78.5. The number of aliphatic hydroxyl groups is 5. The fourth-order valence-electron chi connectivity index (χ4n) is 11.9. The van der Waals surface area contributed by atoms with Gasteiger partial charge >= 0.3 is 0 Å². The van der Waals surface area contributed by atoms with Crippen LogP contribution in [0.3, 0.4) is 0 Å². The molecule has 107 heavy (non-hydrogen) atoms. The van der Waals surface area contributed by atoms with Crippen molar-refractivity contribution in [2.75, 3.05) is 47.9 Å². The maximum absolute atomic E-state index is 11.1. The number of carbonyl (C=O) groups excluding carboxylic acids is 1. The molecule has 0 bridgehead atoms. The Labute approximate surface area is 653 Å². The lowest BCUT2D eigenvalue weighted by Crippen LogP contribution is -2.40. The number of nitrogens with one attached hydrogen (secondary N) is 4. The van der Waals surface area contributed by atoms with Crippen LogP contribution in [-0.2, 0) is 24.1 Å². The minimum Gasteiger partial charge on any atom is -0.494 e. The largest absolute Gasteiger partial charge is 0.494 e. The number of hydrogen-bond acceptors (Lipinski definition) is 12. The molecule has 0 radical (unpaired) electrons. The van der Waals surface area contributed by atoms with Crippen LogP contribution in [0.25, 0.3) is 30.4 Å². The van der Waals surface area contributed by atoms with E-state index in [9.17, 15) is 30.3 Å². The lowest BCUT2D eigenvalue weighted by Gasteiger charge is -2.25. The fourth-order valence-corrected chi connectivity index (χ4v) is 11.9. The van der Waals surface area contributed by atoms with Crippen molar-refractivity contribution in [3.8, 4) is 11.5 Å². The molecule has 0 heterocycles. The normalized spacial score (nSPS) is 14.2. The third-order valence-electron chi connectivity index (χ3n) is 18.8. The molecule has 5 rings (SSSR count). The van der Waals surface area contributed by atoms with E-state index < -0.39 is 30.5 Å². The minimum absolute atomic E-state index is 0. The van der Waals surface area contributed by atoms with E-state index in [2.05, 4.69) is 168 Å². The van der Waals surface area contributed by atoms with Crippen LogP contribution in [0.2, 0.25) is 0 Å². The highest BCUT2D eigenvalue weighted by Gasteiger charge is 2.18. The first-order valence-corrected chi connectivity index (χ1v) is 40.8. The summed E-state index contributed by atoms with van der Waals surface area (Å²) in [6, 6.07) is 42.0. The number of aliphatic hydroxyl groups excluding tert-OH is 5. The van der Waals surface area contributed by atoms with Gasteiger partial charge in [-0.1, -0.05) is 306 Å². The molecule has 5 aromatic rings. The van der Waals surface area contributed by atoms with E-state index in [4.69, 9.17) is 9.47 Å². The molecular formula is C94H153N5O8. The van der Waals surface area contributed by atoms with Gasteiger partial charge in [0, 0.05) is 31.1 Å². The molecule has 0 aliphatic carbocycles. The van der Waals surface area contributed by atoms with Gasteiger partial charge in [0.05, 0.1) is 49.8 Å². The molecule has 0 aliphatic heterocycles. The number of rotatable bonds is 48. The van der Waals surface area contributed by atoms with Gasteiger partial charge in [0.1, 0.15) is 11.5 Å². The van der Waals surface area contributed by atoms with Gasteiger partial charge < -0.3 is 61.2 Å². The second-order valence-electron chi connectivity index (χ2n) is 27.9. The monoisotopic (exact) mass is 1480 g/mol. The summed E-state index contributed by atoms with van der Waals surface area (Å²) in [5, 5.41) is 62.8. The number of nitrogens with zero attached hydrogens (tertiary/aromatic N) is 1. The van der Waals surface area contributed by atoms with Gasteiger partial charge in [-0.2, -0.15) is 0 Å². The molecule has 9 N–H and O–H groups in total. The Morgan fingerprint density at radius 2 is 0.645 bits per heavy atom. The van der Waals surface area contributed by atoms with Crippen molar-refractivity contribution < 1.29 is 39.8 Å². The maximum atomic E-state index is 11.1. The molecule has 13 heteroatoms. The predicted molar refractivity (Wildman–Crippen MR) is 464 cm³/mol. The zero-order valence-electron chi connectivity index (χ0n) is 68.9. The Hall–Kier alpha value is -6.49. The second kappa shape index (κ2) is 65.4. The number of aryl methyl sites for hydroxylation is 3. The molecule has 0 aromatic heterocycles. The summed E-state index contributed by atoms with van der Waals surface area (Å²) < 4.78 is 11.4. The Balaban J connectivity index is 0.00000131. The number of benzene rings is 5. The second-order valence-corrected chi connectivity index (χ2v) is 27.9. The van der Waals surface area contributed by atoms with Crippen LogP contribution < -0.4 is 30.7 Å². The smallest absolute Gasteiger partial charge is 0.217 e. The molecule has 1 amide bonds. The summed E-state index contributed by atoms with van der Waals surface area (Å²) in [5.74, 6) is 1.70. The van der Waals surface area contributed by atoms with Gasteiger partial charge in [-0.25, -0.2) is 0 Å². The van der Waals surface area contributed by atoms with Crippen molar-refractivity contribution in [2.24, 2.45) is 0 Å². The first-order valence-electron chi connectivity index (χ1n) is 40.8. The standard InChI is InChI=1S/C19H31NO2.C19H29NO2.C19H31NO.C18H29NO2.C18H29NO.CH4/c1-5-7-8-15-22-17-12-9-16(10-13-17)11-14-19(21)18(6-2)20(3)4;1-4-6-7-8-16-9-11-17(12-10-16)13-14-19(22)18(5-2)20-15(3)21;1-4-7-8-9-16-10-12-17(13-11-16)14-15-19(21)18(5-2)20-6-3;1-4-6-7-14-21-16-11-8-15(9-12-16)10-13-18(20)17(5-2)19-3;1-4-6-7-8-15-9-11-16(12-10-15)13-14-18(20)17(5-2)19-3;/h9-14,18-19,21H,5-8,15H2,1-4H3;9-14,18-19,22H,4-8H2,1-3H3,(H,20,21);10-15,18-21H,4-9H2,1-3H3;8-13,17-20H,4-7,14H2,1-3H3;9-14,17-20H,4-8H2,1-3H3;1H4/b14-11+;14-13+;15-14+;13-10+;14-13+;/t3*18-,19+;2*17-,18+;/m11111./s1. The van der Waals surface area contributed by atoms with Gasteiger partial charge in [-0.05, 0) is 187 Å². The number of likely N-dealkylation sites (N-methyl/N-ethyl adjacent to an activating group) is 4. The topological polar surface area (TPSA) is 188 Å². The molecular weight excluding hydrogens is 1330 g/mol. The molecule has 602 valence electrons. The lowest BCUT2D eigenvalue weighted by molar-refractivity contribution is -0.120. The Bertz CT molecular complexity index is 3010. The molecule has 5 aromatic carbocycles. The van der Waals surface area contributed by atoms with Gasteiger partial charge in [0.2, 0.25) is 5.91 Å². The highest BCUT2D eigenvalue weighted by atomic mass is 16.5. The van der Waals surface area contributed by atoms with Crippen molar-refractivity contribution in [1.29, 1.82) is 0 Å². The number of carbonyl (C=O) groups is 1. The Morgan fingerprint density at radius 3 is 0.897 bits per heavy atom. The molecule has 10 atom stereocenters. The third kappa shape index (κ3) is 47.9. The average Bonchev–Trinajstić information content (AvgIpc) is 0.923. The van der Waals surface area contributed by atoms with Crippen molar-refractivity contribution in [3.63, 3.8) is 0 Å². The molecule has 13 nitrogen and oxygen atoms in total. The van der Waals surface area contributed by atoms with Crippen LogP contribution in [0, 0.1) is 0 Å². The van der Waals surface area contributed by atoms with Gasteiger partial charge in [-0.15, -0.1) is 0 Å². The van der Waals surface area contributed by atoms with E-state index in [-0.39, 0.29) is 43.5 Å². The fraction of sp³-hybridized carbons (Fsp3) is 0.564. The molecule has 0 unspecified atom stereocenters. The van der Waals surface area contributed by atoms with E-state index >= 15 is 0 Å². The van der Waals surface area contributed by atoms with Crippen LogP contribution in [-0.4, -0.2) is 145 Å². The first-order chi connectivity index (χ1) is 51.3. The number of unbranched alkanes of at least 4 members (excludes halogenated alkanes) is 10. The maximum Gasteiger partial charge on any atom is 0.217 e. The van der Waals surface area contributed by atoms with E-state index in [0.29, 0.717) is 6.42 Å². The van der Waals surface area contributed by atoms with Crippen LogP contribution in [0.5, 0.6) is 11.5 Å². The van der Waals surface area contributed by atoms with Gasteiger partial charge in [-0.3, -0.25) is 4.79 Å². The van der Waals surface area contributed by atoms with Crippen molar-refractivity contribution in [3.05, 3.63) is 196 Å². The molecule has 0 spiro atoms. The van der Waals surface area contributed by atoms with Crippen LogP contribution >= 0.6 is 0 Å². The van der Waals surface area contributed by atoms with E-state index in [1.807, 2.05) is 138 Å². The molecule has 0 fully saturated rings. The van der Waals surface area contributed by atoms with E-state index in [1.54, 1.807) is 6.08 Å². The molecule has 0 saturated heterocycles. The highest BCUT2D eigenvalue weighted by Crippen LogP contribution is 2.20. The van der Waals surface area contributed by atoms with Gasteiger partial charge in [0.15, 0.2) is 0 Å². The summed E-state index contributed by atoms with van der Waals surface area (Å²) in [7, 11) is 7.75. The average molecular weight is 1480 g/mol. The highest BCUT2D eigenvalue weighted by molar-refractivity contribution is 5.73. The molecule has 0 aliphatic rings. The summed E-state index contributed by atoms with van der Waals surface area (Å²) in [6.45, 7) is 27.3. The SMILES string of the molecule is C.CCCCCOc1ccc(/C=C/[C@H](O)[C@@H](CC)N(C)C)cc1.CCCCCOc1ccc(/C=C/[C@H](O)[C@@H](CC)NC)cc1.CCCCCc1ccc(/C=C/[C@H](O)[C@@H](CC)NC(C)=O)cc1.CCCCCc1ccc(/C=C/[C@H](O)[C@@H](CC)NC)cc1.CCCCCc1ccc(/C=C/[C@H](O)[C@@H](CC)NCC)cc1. The Kier molecular flexibility index (Phi) is 61.4. The van der Waals surface area contributed by atoms with E-state index in [0.717, 1.165) is 110 Å². The van der Waals surface area contributed by atoms with Crippen LogP contribution in [0.15, 0.2) is 152 Å². The summed E-state index contributed by atoms with van der Waals surface area (Å²) >= 11 is 0. The minimum atomic E-state index is -0.668. The summed E-state index contributed by atoms with van der Waals surface area (Å²) in [5.41, 5.74) is 9.67.